The highest BCUT2D eigenvalue weighted by atomic mass is 32.2. The van der Waals surface area contributed by atoms with Crippen molar-refractivity contribution in [3.63, 3.8) is 0 Å². The second kappa shape index (κ2) is 8.59. The van der Waals surface area contributed by atoms with Crippen LogP contribution in [-0.4, -0.2) is 100 Å². The van der Waals surface area contributed by atoms with Crippen molar-refractivity contribution in [3.05, 3.63) is 29.3 Å². The molecule has 2 aliphatic rings. The summed E-state index contributed by atoms with van der Waals surface area (Å²) >= 11 is 0. The first-order chi connectivity index (χ1) is 13.3. The lowest BCUT2D eigenvalue weighted by molar-refractivity contribution is -0.136. The number of carbonyl (C=O) groups is 2. The van der Waals surface area contributed by atoms with Gasteiger partial charge in [0.1, 0.15) is 0 Å². The van der Waals surface area contributed by atoms with Crippen LogP contribution in [0.25, 0.3) is 0 Å². The molecule has 9 heteroatoms. The molecule has 1 aromatic carbocycles. The second-order valence-corrected chi connectivity index (χ2v) is 9.33. The molecule has 0 spiro atoms. The van der Waals surface area contributed by atoms with Crippen LogP contribution in [0.4, 0.5) is 0 Å². The average Bonchev–Trinajstić information content (AvgIpc) is 2.68. The summed E-state index contributed by atoms with van der Waals surface area (Å²) in [6.07, 6.45) is 1.14. The third kappa shape index (κ3) is 4.89. The minimum absolute atomic E-state index is 0.0970. The molecule has 8 nitrogen and oxygen atoms in total. The average molecular weight is 410 g/mol. The number of sulfone groups is 1. The van der Waals surface area contributed by atoms with Crippen LogP contribution in [0, 0.1) is 6.92 Å². The first-order valence-corrected chi connectivity index (χ1v) is 11.3. The van der Waals surface area contributed by atoms with Crippen molar-refractivity contribution in [2.45, 2.75) is 11.8 Å². The lowest BCUT2D eigenvalue weighted by Gasteiger charge is -2.36. The summed E-state index contributed by atoms with van der Waals surface area (Å²) in [5.74, 6) is -0.0677. The quantitative estimate of drug-likeness (QED) is 0.697. The van der Waals surface area contributed by atoms with E-state index in [1.165, 1.54) is 12.1 Å². The summed E-state index contributed by atoms with van der Waals surface area (Å²) in [7, 11) is -3.37. The highest BCUT2D eigenvalue weighted by Crippen LogP contribution is 2.18. The van der Waals surface area contributed by atoms with Gasteiger partial charge in [0, 0.05) is 51.1 Å². The van der Waals surface area contributed by atoms with Crippen molar-refractivity contribution in [2.24, 2.45) is 0 Å². The van der Waals surface area contributed by atoms with Crippen molar-refractivity contribution in [3.8, 4) is 0 Å². The van der Waals surface area contributed by atoms with Crippen molar-refractivity contribution in [1.82, 2.24) is 14.7 Å². The summed E-state index contributed by atoms with van der Waals surface area (Å²) in [6, 6.07) is 4.65. The van der Waals surface area contributed by atoms with Crippen LogP contribution in [0.1, 0.15) is 15.9 Å². The molecule has 1 aromatic rings. The maximum absolute atomic E-state index is 12.9. The molecule has 2 heterocycles. The van der Waals surface area contributed by atoms with Gasteiger partial charge in [-0.05, 0) is 24.6 Å². The summed E-state index contributed by atoms with van der Waals surface area (Å²) in [5, 5.41) is 0. The minimum atomic E-state index is -3.37. The van der Waals surface area contributed by atoms with E-state index in [0.717, 1.165) is 11.8 Å². The van der Waals surface area contributed by atoms with Crippen molar-refractivity contribution in [2.75, 3.05) is 65.3 Å². The van der Waals surface area contributed by atoms with Crippen LogP contribution in [0.2, 0.25) is 0 Å². The van der Waals surface area contributed by atoms with E-state index >= 15 is 0 Å². The summed E-state index contributed by atoms with van der Waals surface area (Å²) in [6.45, 7) is 6.84. The maximum Gasteiger partial charge on any atom is 0.254 e. The maximum atomic E-state index is 12.9. The summed E-state index contributed by atoms with van der Waals surface area (Å²) in [4.78, 5) is 31.0. The topological polar surface area (TPSA) is 87.2 Å². The number of carbonyl (C=O) groups excluding carboxylic acids is 2. The van der Waals surface area contributed by atoms with E-state index in [1.54, 1.807) is 17.9 Å². The molecule has 154 valence electrons. The Kier molecular flexibility index (Phi) is 6.36. The molecule has 0 aliphatic carbocycles. The Morgan fingerprint density at radius 3 is 2.25 bits per heavy atom. The van der Waals surface area contributed by atoms with E-state index in [2.05, 4.69) is 4.90 Å². The van der Waals surface area contributed by atoms with Crippen LogP contribution in [0.3, 0.4) is 0 Å². The molecule has 0 saturated carbocycles. The Labute approximate surface area is 166 Å². The van der Waals surface area contributed by atoms with E-state index in [9.17, 15) is 18.0 Å². The first-order valence-electron chi connectivity index (χ1n) is 9.43. The van der Waals surface area contributed by atoms with Crippen LogP contribution in [0.15, 0.2) is 23.1 Å². The Balaban J connectivity index is 1.59. The fourth-order valence-corrected chi connectivity index (χ4v) is 4.09. The summed E-state index contributed by atoms with van der Waals surface area (Å²) < 4.78 is 28.9. The number of hydrogen-bond donors (Lipinski definition) is 0. The Bertz CT molecular complexity index is 841. The molecule has 2 saturated heterocycles. The number of amides is 2. The van der Waals surface area contributed by atoms with E-state index in [4.69, 9.17) is 4.74 Å². The number of ether oxygens (including phenoxy) is 1. The van der Waals surface area contributed by atoms with Gasteiger partial charge >= 0.3 is 0 Å². The van der Waals surface area contributed by atoms with E-state index in [0.29, 0.717) is 64.6 Å². The summed E-state index contributed by atoms with van der Waals surface area (Å²) in [5.41, 5.74) is 1.17. The molecule has 0 N–H and O–H groups in total. The second-order valence-electron chi connectivity index (χ2n) is 7.31. The monoisotopic (exact) mass is 409 g/mol. The van der Waals surface area contributed by atoms with Gasteiger partial charge in [-0.1, -0.05) is 6.07 Å². The molecule has 28 heavy (non-hydrogen) atoms. The van der Waals surface area contributed by atoms with Gasteiger partial charge in [0.05, 0.1) is 24.7 Å². The standard InChI is InChI=1S/C19H27N3O5S/c1-15-3-4-16(28(2,25)26)13-17(15)19(24)22-7-5-20(6-8-22)14-18(23)21-9-11-27-12-10-21/h3-4,13H,5-12,14H2,1-2H3. The lowest BCUT2D eigenvalue weighted by atomic mass is 10.1. The molecule has 0 atom stereocenters. The fourth-order valence-electron chi connectivity index (χ4n) is 3.45. The van der Waals surface area contributed by atoms with Crippen molar-refractivity contribution < 1.29 is 22.7 Å². The van der Waals surface area contributed by atoms with Crippen molar-refractivity contribution in [1.29, 1.82) is 0 Å². The highest BCUT2D eigenvalue weighted by Gasteiger charge is 2.26. The zero-order valence-electron chi connectivity index (χ0n) is 16.4. The highest BCUT2D eigenvalue weighted by molar-refractivity contribution is 7.90. The number of nitrogens with zero attached hydrogens (tertiary/aromatic N) is 3. The van der Waals surface area contributed by atoms with Gasteiger partial charge in [0.25, 0.3) is 5.91 Å². The zero-order chi connectivity index (χ0) is 20.3. The molecular formula is C19H27N3O5S. The van der Waals surface area contributed by atoms with Crippen molar-refractivity contribution >= 4 is 21.7 Å². The van der Waals surface area contributed by atoms with Crippen LogP contribution in [0.5, 0.6) is 0 Å². The Morgan fingerprint density at radius 1 is 1.00 bits per heavy atom. The smallest absolute Gasteiger partial charge is 0.254 e. The predicted molar refractivity (Wildman–Crippen MR) is 104 cm³/mol. The van der Waals surface area contributed by atoms with E-state index in [1.807, 2.05) is 4.90 Å². The number of benzene rings is 1. The third-order valence-electron chi connectivity index (χ3n) is 5.25. The first kappa shape index (κ1) is 20.8. The largest absolute Gasteiger partial charge is 0.378 e. The molecule has 2 fully saturated rings. The van der Waals surface area contributed by atoms with Gasteiger partial charge in [-0.15, -0.1) is 0 Å². The van der Waals surface area contributed by atoms with Gasteiger partial charge in [0.15, 0.2) is 9.84 Å². The van der Waals surface area contributed by atoms with Gasteiger partial charge in [-0.25, -0.2) is 8.42 Å². The molecule has 0 aromatic heterocycles. The number of rotatable bonds is 4. The molecular weight excluding hydrogens is 382 g/mol. The molecule has 3 rings (SSSR count). The fraction of sp³-hybridized carbons (Fsp3) is 0.579. The van der Waals surface area contributed by atoms with Gasteiger partial charge < -0.3 is 14.5 Å². The third-order valence-corrected chi connectivity index (χ3v) is 6.36. The Morgan fingerprint density at radius 2 is 1.64 bits per heavy atom. The number of aryl methyl sites for hydroxylation is 1. The molecule has 0 unspecified atom stereocenters. The van der Waals surface area contributed by atoms with Crippen LogP contribution in [-0.2, 0) is 19.4 Å². The van der Waals surface area contributed by atoms with E-state index < -0.39 is 9.84 Å². The van der Waals surface area contributed by atoms with E-state index in [-0.39, 0.29) is 16.7 Å². The molecule has 0 bridgehead atoms. The van der Waals surface area contributed by atoms with Crippen LogP contribution < -0.4 is 0 Å². The predicted octanol–water partition coefficient (Wildman–Crippen LogP) is 0.0151. The van der Waals surface area contributed by atoms with Gasteiger partial charge in [-0.3, -0.25) is 14.5 Å². The molecule has 2 amide bonds. The Hall–Kier alpha value is -1.97. The van der Waals surface area contributed by atoms with Gasteiger partial charge in [0.2, 0.25) is 5.91 Å². The lowest BCUT2D eigenvalue weighted by Crippen LogP contribution is -2.52. The number of morpholine rings is 1. The SMILES string of the molecule is Cc1ccc(S(C)(=O)=O)cc1C(=O)N1CCN(CC(=O)N2CCOCC2)CC1. The molecule has 2 aliphatic heterocycles. The molecule has 0 radical (unpaired) electrons. The number of hydrogen-bond acceptors (Lipinski definition) is 6. The minimum Gasteiger partial charge on any atom is -0.378 e. The van der Waals surface area contributed by atoms with Crippen LogP contribution >= 0.6 is 0 Å². The van der Waals surface area contributed by atoms with Gasteiger partial charge in [-0.2, -0.15) is 0 Å². The normalized spacial score (nSPS) is 18.9. The zero-order valence-corrected chi connectivity index (χ0v) is 17.2. The number of piperazine rings is 1.